The molecule has 1 saturated heterocycles. The van der Waals surface area contributed by atoms with Gasteiger partial charge < -0.3 is 34.4 Å². The maximum absolute atomic E-state index is 13.0. The van der Waals surface area contributed by atoms with E-state index in [4.69, 9.17) is 14.2 Å². The van der Waals surface area contributed by atoms with Crippen LogP contribution in [-0.2, 0) is 23.8 Å². The fourth-order valence-electron chi connectivity index (χ4n) is 5.57. The maximum atomic E-state index is 13.0. The molecule has 2 rings (SSSR count). The van der Waals surface area contributed by atoms with E-state index in [1.54, 1.807) is 20.8 Å². The number of nitrogens with zero attached hydrogens (tertiary/aromatic N) is 1. The summed E-state index contributed by atoms with van der Waals surface area (Å²) in [4.78, 5) is 27.9. The standard InChI is InChI=1S/C28H49NO8/c1-10-22-28(7,34)12-11-21(30)15(2)13-16(3)25(18(5)23(31)19(6)26(33)36-22)37-27-24(32)20(29(8)9)14-17(4)35-27/h11-12,15-20,22-25,27,31-32,34H,10,13-14H2,1-9H3. The van der Waals surface area contributed by atoms with Crippen LogP contribution in [0.2, 0.25) is 0 Å². The van der Waals surface area contributed by atoms with Crippen LogP contribution in [0.4, 0.5) is 0 Å². The minimum atomic E-state index is -1.54. The smallest absolute Gasteiger partial charge is 0.311 e. The predicted molar refractivity (Wildman–Crippen MR) is 140 cm³/mol. The van der Waals surface area contributed by atoms with Crippen molar-refractivity contribution in [3.63, 3.8) is 0 Å². The topological polar surface area (TPSA) is 126 Å². The summed E-state index contributed by atoms with van der Waals surface area (Å²) in [5.74, 6) is -2.86. The Morgan fingerprint density at radius 2 is 1.70 bits per heavy atom. The number of esters is 1. The molecular weight excluding hydrogens is 478 g/mol. The first-order valence-corrected chi connectivity index (χ1v) is 13.6. The van der Waals surface area contributed by atoms with E-state index in [2.05, 4.69) is 0 Å². The van der Waals surface area contributed by atoms with Crippen molar-refractivity contribution < 1.29 is 39.1 Å². The highest BCUT2D eigenvalue weighted by atomic mass is 16.7. The number of likely N-dealkylation sites (N-methyl/N-ethyl adjacent to an activating group) is 1. The number of aliphatic hydroxyl groups excluding tert-OH is 2. The third kappa shape index (κ3) is 7.83. The molecule has 214 valence electrons. The lowest BCUT2D eigenvalue weighted by molar-refractivity contribution is -0.283. The summed E-state index contributed by atoms with van der Waals surface area (Å²) < 4.78 is 18.0. The number of rotatable bonds is 4. The van der Waals surface area contributed by atoms with Crippen LogP contribution in [0.1, 0.15) is 67.7 Å². The molecule has 2 heterocycles. The lowest BCUT2D eigenvalue weighted by Crippen LogP contribution is -2.56. The van der Waals surface area contributed by atoms with Crippen LogP contribution in [0.15, 0.2) is 12.2 Å². The Hall–Kier alpha value is -1.36. The van der Waals surface area contributed by atoms with Crippen molar-refractivity contribution in [2.24, 2.45) is 23.7 Å². The van der Waals surface area contributed by atoms with E-state index in [0.29, 0.717) is 19.3 Å². The highest BCUT2D eigenvalue weighted by molar-refractivity contribution is 5.91. The first-order chi connectivity index (χ1) is 17.1. The molecule has 0 aromatic carbocycles. The van der Waals surface area contributed by atoms with Crippen molar-refractivity contribution in [2.75, 3.05) is 14.1 Å². The molecule has 0 radical (unpaired) electrons. The molecular formula is C28H49NO8. The zero-order valence-electron chi connectivity index (χ0n) is 24.0. The number of allylic oxidation sites excluding steroid dienone is 1. The maximum Gasteiger partial charge on any atom is 0.311 e. The SMILES string of the molecule is CCC1OC(=O)C(C)C(O)C(C)C(OC2OC(C)CC(N(C)C)C2O)C(C)CC(C)C(=O)C=CC1(C)O. The number of cyclic esters (lactones) is 1. The largest absolute Gasteiger partial charge is 0.459 e. The molecule has 0 aliphatic carbocycles. The number of hydrogen-bond donors (Lipinski definition) is 3. The molecule has 0 bridgehead atoms. The molecule has 9 heteroatoms. The van der Waals surface area contributed by atoms with E-state index >= 15 is 0 Å². The first kappa shape index (κ1) is 31.9. The number of aliphatic hydroxyl groups is 3. The van der Waals surface area contributed by atoms with Crippen molar-refractivity contribution in [2.45, 2.75) is 116 Å². The molecule has 0 spiro atoms. The predicted octanol–water partition coefficient (Wildman–Crippen LogP) is 2.30. The molecule has 12 atom stereocenters. The second-order valence-corrected chi connectivity index (χ2v) is 11.7. The summed E-state index contributed by atoms with van der Waals surface area (Å²) in [5, 5.41) is 33.2. The Kier molecular flexibility index (Phi) is 11.3. The summed E-state index contributed by atoms with van der Waals surface area (Å²) in [7, 11) is 3.79. The summed E-state index contributed by atoms with van der Waals surface area (Å²) in [5.41, 5.74) is -1.54. The van der Waals surface area contributed by atoms with Gasteiger partial charge in [-0.2, -0.15) is 0 Å². The normalized spacial score (nSPS) is 44.9. The molecule has 0 amide bonds. The highest BCUT2D eigenvalue weighted by Gasteiger charge is 2.44. The lowest BCUT2D eigenvalue weighted by Gasteiger charge is -2.44. The number of carbonyl (C=O) groups is 2. The zero-order chi connectivity index (χ0) is 28.2. The van der Waals surface area contributed by atoms with Gasteiger partial charge in [-0.25, -0.2) is 0 Å². The Balaban J connectivity index is 2.43. The van der Waals surface area contributed by atoms with Gasteiger partial charge in [-0.05, 0) is 72.2 Å². The van der Waals surface area contributed by atoms with Gasteiger partial charge in [0.15, 0.2) is 12.1 Å². The fraction of sp³-hybridized carbons (Fsp3) is 0.857. The minimum absolute atomic E-state index is 0.145. The zero-order valence-corrected chi connectivity index (χ0v) is 24.0. The number of carbonyl (C=O) groups excluding carboxylic acids is 2. The van der Waals surface area contributed by atoms with Crippen LogP contribution in [0.3, 0.4) is 0 Å². The molecule has 2 aliphatic rings. The molecule has 3 N–H and O–H groups in total. The van der Waals surface area contributed by atoms with Crippen LogP contribution in [-0.4, -0.2) is 94.5 Å². The Bertz CT molecular complexity index is 799. The molecule has 0 saturated carbocycles. The van der Waals surface area contributed by atoms with E-state index in [0.717, 1.165) is 0 Å². The van der Waals surface area contributed by atoms with E-state index < -0.39 is 54.1 Å². The summed E-state index contributed by atoms with van der Waals surface area (Å²) in [6.07, 6.45) is -0.450. The summed E-state index contributed by atoms with van der Waals surface area (Å²) >= 11 is 0. The molecule has 37 heavy (non-hydrogen) atoms. The molecule has 0 aromatic heterocycles. The van der Waals surface area contributed by atoms with Crippen LogP contribution in [0, 0.1) is 23.7 Å². The van der Waals surface area contributed by atoms with Gasteiger partial charge in [-0.15, -0.1) is 0 Å². The Morgan fingerprint density at radius 3 is 2.27 bits per heavy atom. The van der Waals surface area contributed by atoms with Crippen LogP contribution in [0.5, 0.6) is 0 Å². The third-order valence-corrected chi connectivity index (χ3v) is 8.15. The van der Waals surface area contributed by atoms with Crippen molar-refractivity contribution in [1.29, 1.82) is 0 Å². The Labute approximate surface area is 222 Å². The Morgan fingerprint density at radius 1 is 1.08 bits per heavy atom. The summed E-state index contributed by atoms with van der Waals surface area (Å²) in [6.45, 7) is 12.3. The second-order valence-electron chi connectivity index (χ2n) is 11.7. The van der Waals surface area contributed by atoms with Crippen LogP contribution >= 0.6 is 0 Å². The highest BCUT2D eigenvalue weighted by Crippen LogP contribution is 2.34. The molecule has 12 unspecified atom stereocenters. The number of hydrogen-bond acceptors (Lipinski definition) is 9. The molecule has 2 aliphatic heterocycles. The molecule has 1 fully saturated rings. The molecule has 9 nitrogen and oxygen atoms in total. The van der Waals surface area contributed by atoms with Crippen molar-refractivity contribution in [3.8, 4) is 0 Å². The monoisotopic (exact) mass is 527 g/mol. The van der Waals surface area contributed by atoms with Gasteiger partial charge in [0.1, 0.15) is 17.8 Å². The molecule has 0 aromatic rings. The average Bonchev–Trinajstić information content (AvgIpc) is 2.83. The van der Waals surface area contributed by atoms with Crippen molar-refractivity contribution in [1.82, 2.24) is 4.90 Å². The average molecular weight is 528 g/mol. The van der Waals surface area contributed by atoms with Crippen LogP contribution in [0.25, 0.3) is 0 Å². The first-order valence-electron chi connectivity index (χ1n) is 13.6. The third-order valence-electron chi connectivity index (χ3n) is 8.15. The minimum Gasteiger partial charge on any atom is -0.459 e. The van der Waals surface area contributed by atoms with Gasteiger partial charge in [0, 0.05) is 17.9 Å². The van der Waals surface area contributed by atoms with Gasteiger partial charge in [0.25, 0.3) is 0 Å². The number of ketones is 1. The van der Waals surface area contributed by atoms with Gasteiger partial charge in [0.05, 0.1) is 24.2 Å². The van der Waals surface area contributed by atoms with Gasteiger partial charge in [-0.3, -0.25) is 9.59 Å². The van der Waals surface area contributed by atoms with E-state index in [9.17, 15) is 24.9 Å². The summed E-state index contributed by atoms with van der Waals surface area (Å²) in [6, 6.07) is -0.166. The fourth-order valence-corrected chi connectivity index (χ4v) is 5.57. The van der Waals surface area contributed by atoms with Gasteiger partial charge >= 0.3 is 5.97 Å². The van der Waals surface area contributed by atoms with Crippen LogP contribution < -0.4 is 0 Å². The van der Waals surface area contributed by atoms with E-state index in [1.165, 1.54) is 19.1 Å². The van der Waals surface area contributed by atoms with Gasteiger partial charge in [0.2, 0.25) is 0 Å². The van der Waals surface area contributed by atoms with Crippen molar-refractivity contribution >= 4 is 11.8 Å². The number of ether oxygens (including phenoxy) is 3. The second kappa shape index (κ2) is 13.1. The quantitative estimate of drug-likeness (QED) is 0.472. The lowest BCUT2D eigenvalue weighted by atomic mass is 9.80. The van der Waals surface area contributed by atoms with E-state index in [-0.39, 0.29) is 29.8 Å². The van der Waals surface area contributed by atoms with Crippen molar-refractivity contribution in [3.05, 3.63) is 12.2 Å². The van der Waals surface area contributed by atoms with Gasteiger partial charge in [-0.1, -0.05) is 27.7 Å². The van der Waals surface area contributed by atoms with E-state index in [1.807, 2.05) is 39.8 Å².